The second-order valence-electron chi connectivity index (χ2n) is 19.3. The normalized spacial score (nSPS) is 13.0. The molecule has 0 unspecified atom stereocenters. The fourth-order valence-electron chi connectivity index (χ4n) is 12.6. The number of hydrogen-bond donors (Lipinski definition) is 0. The zero-order chi connectivity index (χ0) is 49.7. The molecule has 3 heterocycles. The maximum atomic E-state index is 5.72. The molecule has 7 heteroatoms. The van der Waals surface area contributed by atoms with Crippen molar-refractivity contribution in [1.29, 1.82) is 0 Å². The smallest absolute Gasteiger partial charge is 0.119 e. The minimum absolute atomic E-state index is 0.663. The largest absolute Gasteiger partial charge is 0.497 e. The number of rotatable bonds is 10. The van der Waals surface area contributed by atoms with Gasteiger partial charge in [0.05, 0.1) is 19.6 Å². The van der Waals surface area contributed by atoms with Crippen molar-refractivity contribution in [2.45, 2.75) is 42.1 Å². The van der Waals surface area contributed by atoms with Crippen LogP contribution in [-0.4, -0.2) is 23.4 Å². The highest BCUT2D eigenvalue weighted by Gasteiger charge is 2.51. The number of fused-ring (bicyclic) bond motifs is 15. The Bertz CT molecular complexity index is 3920. The molecule has 0 fully saturated rings. The van der Waals surface area contributed by atoms with Gasteiger partial charge in [-0.25, -0.2) is 0 Å². The van der Waals surface area contributed by atoms with E-state index in [0.29, 0.717) is 0 Å². The maximum absolute atomic E-state index is 5.72. The SMILES string of the molecule is CCn1c2ccccc2c2cc(N(c3ccc(OC)cc3)c3ccc4c(c3)C3(c5ccccc5Sc5ccccc53)c3cc(N(c5ccc(OC)cc5)c5ccc6c(c5)c5ccccc5n6CC)ccc3-4)ccc21. The van der Waals surface area contributed by atoms with Crippen LogP contribution in [-0.2, 0) is 18.5 Å². The van der Waals surface area contributed by atoms with Crippen molar-refractivity contribution in [2.75, 3.05) is 24.0 Å². The summed E-state index contributed by atoms with van der Waals surface area (Å²) >= 11 is 1.87. The third kappa shape index (κ3) is 6.45. The predicted octanol–water partition coefficient (Wildman–Crippen LogP) is 17.7. The minimum atomic E-state index is -0.663. The molecule has 2 aliphatic rings. The van der Waals surface area contributed by atoms with Crippen LogP contribution in [0.4, 0.5) is 34.1 Å². The lowest BCUT2D eigenvalue weighted by Crippen LogP contribution is -2.32. The molecule has 2 aromatic heterocycles. The Kier molecular flexibility index (Phi) is 10.3. The topological polar surface area (TPSA) is 34.8 Å². The molecule has 0 atom stereocenters. The molecule has 10 aromatic carbocycles. The van der Waals surface area contributed by atoms with Crippen molar-refractivity contribution in [2.24, 2.45) is 0 Å². The van der Waals surface area contributed by atoms with E-state index in [0.717, 1.165) is 58.7 Å². The summed E-state index contributed by atoms with van der Waals surface area (Å²) < 4.78 is 16.3. The summed E-state index contributed by atoms with van der Waals surface area (Å²) in [5, 5.41) is 4.98. The van der Waals surface area contributed by atoms with Gasteiger partial charge in [-0.1, -0.05) is 96.7 Å². The molecule has 1 aliphatic heterocycles. The molecular weight excluding hydrogens is 925 g/mol. The standard InChI is InChI=1S/C67H52N4O2S/c1-5-68-61-19-11-7-15-53(61)55-39-45(29-37-63(55)68)70(43-23-31-49(72-3)32-24-43)47-27-35-51-52-36-28-48(42-60(52)67(59(51)41-47)57-17-9-13-21-65(57)74-66-22-14-10-18-58(66)67)71(44-25-33-50(73-4)34-26-44)46-30-38-64-56(40-46)54-16-8-12-20-62(54)69(64)6-2/h7-42H,5-6H2,1-4H3. The molecule has 0 N–H and O–H groups in total. The first-order valence-corrected chi connectivity index (χ1v) is 26.4. The number of nitrogens with zero attached hydrogens (tertiary/aromatic N) is 4. The molecule has 0 radical (unpaired) electrons. The maximum Gasteiger partial charge on any atom is 0.119 e. The van der Waals surface area contributed by atoms with Crippen molar-refractivity contribution in [3.8, 4) is 22.6 Å². The number of ether oxygens (including phenoxy) is 2. The van der Waals surface area contributed by atoms with Crippen LogP contribution < -0.4 is 19.3 Å². The first-order valence-electron chi connectivity index (χ1n) is 25.6. The van der Waals surface area contributed by atoms with Gasteiger partial charge in [0.1, 0.15) is 11.5 Å². The van der Waals surface area contributed by atoms with Gasteiger partial charge in [0, 0.05) is 101 Å². The summed E-state index contributed by atoms with van der Waals surface area (Å²) in [5.41, 5.74) is 18.3. The number of anilines is 6. The molecule has 1 spiro atoms. The predicted molar refractivity (Wildman–Crippen MR) is 308 cm³/mol. The van der Waals surface area contributed by atoms with Gasteiger partial charge in [0.15, 0.2) is 0 Å². The third-order valence-corrected chi connectivity index (χ3v) is 16.9. The van der Waals surface area contributed by atoms with E-state index in [4.69, 9.17) is 9.47 Å². The van der Waals surface area contributed by atoms with Gasteiger partial charge in [-0.05, 0) is 181 Å². The highest BCUT2D eigenvalue weighted by molar-refractivity contribution is 7.99. The number of aromatic nitrogens is 2. The molecule has 74 heavy (non-hydrogen) atoms. The Balaban J connectivity index is 1.02. The number of benzene rings is 10. The van der Waals surface area contributed by atoms with Gasteiger partial charge in [0.25, 0.3) is 0 Å². The molecule has 14 rings (SSSR count). The Labute approximate surface area is 435 Å². The highest BCUT2D eigenvalue weighted by Crippen LogP contribution is 2.63. The number of para-hydroxylation sites is 2. The van der Waals surface area contributed by atoms with Crippen LogP contribution in [0.25, 0.3) is 54.7 Å². The molecule has 358 valence electrons. The van der Waals surface area contributed by atoms with Gasteiger partial charge in [-0.15, -0.1) is 0 Å². The quantitative estimate of drug-likeness (QED) is 0.136. The molecule has 0 bridgehead atoms. The molecule has 6 nitrogen and oxygen atoms in total. The van der Waals surface area contributed by atoms with Crippen LogP contribution in [0.1, 0.15) is 36.1 Å². The van der Waals surface area contributed by atoms with Crippen LogP contribution in [0.2, 0.25) is 0 Å². The summed E-state index contributed by atoms with van der Waals surface area (Å²) in [4.78, 5) is 7.36. The van der Waals surface area contributed by atoms with Crippen LogP contribution in [0, 0.1) is 0 Å². The first-order chi connectivity index (χ1) is 36.5. The third-order valence-electron chi connectivity index (χ3n) is 15.7. The summed E-state index contributed by atoms with van der Waals surface area (Å²) in [7, 11) is 3.46. The van der Waals surface area contributed by atoms with Gasteiger partial charge >= 0.3 is 0 Å². The minimum Gasteiger partial charge on any atom is -0.497 e. The second-order valence-corrected chi connectivity index (χ2v) is 20.4. The molecule has 0 saturated heterocycles. The van der Waals surface area contributed by atoms with Crippen molar-refractivity contribution in [3.63, 3.8) is 0 Å². The van der Waals surface area contributed by atoms with Gasteiger partial charge in [0.2, 0.25) is 0 Å². The van der Waals surface area contributed by atoms with Crippen LogP contribution in [0.15, 0.2) is 228 Å². The van der Waals surface area contributed by atoms with E-state index in [9.17, 15) is 0 Å². The summed E-state index contributed by atoms with van der Waals surface area (Å²) in [6, 6.07) is 81.0. The Morgan fingerprint density at radius 2 is 0.730 bits per heavy atom. The zero-order valence-electron chi connectivity index (χ0n) is 41.7. The Hall–Kier alpha value is -8.65. The fraction of sp³-hybridized carbons (Fsp3) is 0.104. The number of hydrogen-bond acceptors (Lipinski definition) is 5. The molecule has 1 aliphatic carbocycles. The number of aryl methyl sites for hydroxylation is 2. The van der Waals surface area contributed by atoms with E-state index in [2.05, 4.69) is 251 Å². The lowest BCUT2D eigenvalue weighted by Gasteiger charge is -2.40. The monoisotopic (exact) mass is 976 g/mol. The molecule has 12 aromatic rings. The number of methoxy groups -OCH3 is 2. The van der Waals surface area contributed by atoms with E-state index in [1.165, 1.54) is 86.8 Å². The lowest BCUT2D eigenvalue weighted by atomic mass is 9.67. The van der Waals surface area contributed by atoms with E-state index < -0.39 is 5.41 Å². The summed E-state index contributed by atoms with van der Waals surface area (Å²) in [6.45, 7) is 6.24. The average molecular weight is 977 g/mol. The van der Waals surface area contributed by atoms with E-state index in [1.54, 1.807) is 14.2 Å². The summed E-state index contributed by atoms with van der Waals surface area (Å²) in [6.07, 6.45) is 0. The van der Waals surface area contributed by atoms with E-state index in [1.807, 2.05) is 11.8 Å². The van der Waals surface area contributed by atoms with Crippen LogP contribution in [0.5, 0.6) is 11.5 Å². The van der Waals surface area contributed by atoms with Gasteiger partial charge in [-0.2, -0.15) is 0 Å². The van der Waals surface area contributed by atoms with E-state index >= 15 is 0 Å². The van der Waals surface area contributed by atoms with Crippen LogP contribution >= 0.6 is 11.8 Å². The van der Waals surface area contributed by atoms with Crippen molar-refractivity contribution in [3.05, 3.63) is 241 Å². The van der Waals surface area contributed by atoms with Crippen LogP contribution in [0.3, 0.4) is 0 Å². The molecule has 0 saturated carbocycles. The highest BCUT2D eigenvalue weighted by atomic mass is 32.2. The second kappa shape index (κ2) is 17.3. The first kappa shape index (κ1) is 44.1. The molecular formula is C67H52N4O2S. The van der Waals surface area contributed by atoms with Gasteiger partial charge < -0.3 is 28.4 Å². The van der Waals surface area contributed by atoms with E-state index in [-0.39, 0.29) is 0 Å². The van der Waals surface area contributed by atoms with Crippen molar-refractivity contribution in [1.82, 2.24) is 9.13 Å². The van der Waals surface area contributed by atoms with Crippen molar-refractivity contribution >= 4 is 89.5 Å². The van der Waals surface area contributed by atoms with Gasteiger partial charge in [-0.3, -0.25) is 0 Å². The fourth-order valence-corrected chi connectivity index (χ4v) is 13.7. The van der Waals surface area contributed by atoms with Crippen molar-refractivity contribution < 1.29 is 9.47 Å². The summed E-state index contributed by atoms with van der Waals surface area (Å²) in [5.74, 6) is 1.64. The lowest BCUT2D eigenvalue weighted by molar-refractivity contribution is 0.414. The molecule has 0 amide bonds. The Morgan fingerprint density at radius 3 is 1.16 bits per heavy atom. The average Bonchev–Trinajstić information content (AvgIpc) is 4.21. The zero-order valence-corrected chi connectivity index (χ0v) is 42.5. The Morgan fingerprint density at radius 1 is 0.365 bits per heavy atom.